The Morgan fingerprint density at radius 1 is 1.26 bits per heavy atom. The summed E-state index contributed by atoms with van der Waals surface area (Å²) >= 11 is 12.2. The lowest BCUT2D eigenvalue weighted by molar-refractivity contribution is -0.138. The number of benzene rings is 1. The molecule has 1 saturated carbocycles. The molecular weight excluding hydrogens is 387 g/mol. The third-order valence-electron chi connectivity index (χ3n) is 4.93. The van der Waals surface area contributed by atoms with Gasteiger partial charge >= 0.3 is 11.8 Å². The maximum atomic E-state index is 12.5. The van der Waals surface area contributed by atoms with Crippen molar-refractivity contribution < 1.29 is 9.59 Å². The predicted molar refractivity (Wildman–Crippen MR) is 106 cm³/mol. The van der Waals surface area contributed by atoms with Crippen LogP contribution in [-0.4, -0.2) is 27.1 Å². The third kappa shape index (κ3) is 4.45. The van der Waals surface area contributed by atoms with E-state index >= 15 is 0 Å². The molecule has 1 aromatic heterocycles. The van der Waals surface area contributed by atoms with Gasteiger partial charge < -0.3 is 10.6 Å². The number of amides is 2. The lowest BCUT2D eigenvalue weighted by Crippen LogP contribution is -2.57. The van der Waals surface area contributed by atoms with Gasteiger partial charge in [-0.05, 0) is 49.8 Å². The number of halogens is 2. The lowest BCUT2D eigenvalue weighted by Gasteiger charge is -2.42. The predicted octanol–water partition coefficient (Wildman–Crippen LogP) is 3.51. The summed E-state index contributed by atoms with van der Waals surface area (Å²) in [5.41, 5.74) is 1.75. The van der Waals surface area contributed by atoms with E-state index in [4.69, 9.17) is 23.2 Å². The number of carbonyl (C=O) groups is 2. The standard InChI is InChI=1S/C19H22Cl2N4O2/c1-3-15-16(11-25(2)24-15)22-17(26)18(27)23-19(7-4-8-19)10-12-5-6-13(20)9-14(12)21/h5-6,9,11H,3-4,7-8,10H2,1-2H3,(H,22,26)(H,23,27). The first-order valence-electron chi connectivity index (χ1n) is 8.92. The molecule has 3 rings (SSSR count). The molecule has 2 aromatic rings. The van der Waals surface area contributed by atoms with Crippen LogP contribution >= 0.6 is 23.2 Å². The van der Waals surface area contributed by atoms with Crippen molar-refractivity contribution in [1.29, 1.82) is 0 Å². The van der Waals surface area contributed by atoms with Crippen LogP contribution in [0.25, 0.3) is 0 Å². The average Bonchev–Trinajstić information content (AvgIpc) is 2.94. The van der Waals surface area contributed by atoms with Crippen LogP contribution in [0.3, 0.4) is 0 Å². The summed E-state index contributed by atoms with van der Waals surface area (Å²) < 4.78 is 1.61. The average molecular weight is 409 g/mol. The summed E-state index contributed by atoms with van der Waals surface area (Å²) in [4.78, 5) is 24.9. The Labute approximate surface area is 168 Å². The van der Waals surface area contributed by atoms with E-state index in [2.05, 4.69) is 15.7 Å². The van der Waals surface area contributed by atoms with Gasteiger partial charge in [-0.25, -0.2) is 0 Å². The Morgan fingerprint density at radius 2 is 2.00 bits per heavy atom. The van der Waals surface area contributed by atoms with Crippen molar-refractivity contribution in [2.45, 2.75) is 44.6 Å². The van der Waals surface area contributed by atoms with E-state index in [1.807, 2.05) is 13.0 Å². The van der Waals surface area contributed by atoms with Gasteiger partial charge in [0.1, 0.15) is 0 Å². The van der Waals surface area contributed by atoms with Crippen LogP contribution in [-0.2, 0) is 29.5 Å². The van der Waals surface area contributed by atoms with E-state index in [9.17, 15) is 9.59 Å². The second-order valence-electron chi connectivity index (χ2n) is 6.97. The zero-order valence-electron chi connectivity index (χ0n) is 15.3. The molecule has 1 aliphatic rings. The summed E-state index contributed by atoms with van der Waals surface area (Å²) in [5, 5.41) is 11.0. The minimum atomic E-state index is -0.689. The van der Waals surface area contributed by atoms with Crippen LogP contribution in [0.1, 0.15) is 37.4 Å². The van der Waals surface area contributed by atoms with Gasteiger partial charge in [0.15, 0.2) is 0 Å². The molecule has 2 N–H and O–H groups in total. The van der Waals surface area contributed by atoms with Crippen molar-refractivity contribution in [3.05, 3.63) is 45.7 Å². The van der Waals surface area contributed by atoms with Crippen molar-refractivity contribution in [1.82, 2.24) is 15.1 Å². The molecule has 1 aliphatic carbocycles. The normalized spacial score (nSPS) is 15.1. The molecule has 6 nitrogen and oxygen atoms in total. The molecule has 144 valence electrons. The zero-order chi connectivity index (χ0) is 19.6. The largest absolute Gasteiger partial charge is 0.342 e. The highest BCUT2D eigenvalue weighted by atomic mass is 35.5. The van der Waals surface area contributed by atoms with Crippen molar-refractivity contribution in [2.75, 3.05) is 5.32 Å². The second-order valence-corrected chi connectivity index (χ2v) is 7.81. The molecule has 1 fully saturated rings. The van der Waals surface area contributed by atoms with Gasteiger partial charge in [0.2, 0.25) is 0 Å². The van der Waals surface area contributed by atoms with Gasteiger partial charge in [-0.2, -0.15) is 5.10 Å². The molecule has 0 saturated heterocycles. The maximum absolute atomic E-state index is 12.5. The van der Waals surface area contributed by atoms with Crippen molar-refractivity contribution in [2.24, 2.45) is 7.05 Å². The van der Waals surface area contributed by atoms with Gasteiger partial charge in [0.25, 0.3) is 0 Å². The van der Waals surface area contributed by atoms with Crippen LogP contribution < -0.4 is 10.6 Å². The first-order chi connectivity index (χ1) is 12.8. The van der Waals surface area contributed by atoms with E-state index in [-0.39, 0.29) is 0 Å². The zero-order valence-corrected chi connectivity index (χ0v) is 16.8. The summed E-state index contributed by atoms with van der Waals surface area (Å²) in [6.45, 7) is 1.94. The molecule has 0 unspecified atom stereocenters. The van der Waals surface area contributed by atoms with E-state index in [1.165, 1.54) is 0 Å². The second kappa shape index (κ2) is 7.90. The molecular formula is C19H22Cl2N4O2. The smallest absolute Gasteiger partial charge is 0.313 e. The fourth-order valence-corrected chi connectivity index (χ4v) is 3.83. The van der Waals surface area contributed by atoms with E-state index in [1.54, 1.807) is 30.1 Å². The van der Waals surface area contributed by atoms with Gasteiger partial charge in [0, 0.05) is 28.8 Å². The lowest BCUT2D eigenvalue weighted by atomic mass is 9.72. The Hall–Kier alpha value is -2.05. The van der Waals surface area contributed by atoms with Crippen LogP contribution in [0.4, 0.5) is 5.69 Å². The van der Waals surface area contributed by atoms with Crippen molar-refractivity contribution in [3.63, 3.8) is 0 Å². The van der Waals surface area contributed by atoms with Crippen LogP contribution in [0.5, 0.6) is 0 Å². The first-order valence-corrected chi connectivity index (χ1v) is 9.67. The monoisotopic (exact) mass is 408 g/mol. The summed E-state index contributed by atoms with van der Waals surface area (Å²) in [7, 11) is 1.77. The molecule has 27 heavy (non-hydrogen) atoms. The summed E-state index contributed by atoms with van der Waals surface area (Å²) in [6.07, 6.45) is 5.52. The fraction of sp³-hybridized carbons (Fsp3) is 0.421. The fourth-order valence-electron chi connectivity index (χ4n) is 3.36. The molecule has 0 radical (unpaired) electrons. The molecule has 2 amide bonds. The van der Waals surface area contributed by atoms with E-state index in [0.717, 1.165) is 30.5 Å². The highest BCUT2D eigenvalue weighted by Gasteiger charge is 2.40. The van der Waals surface area contributed by atoms with Crippen LogP contribution in [0.15, 0.2) is 24.4 Å². The van der Waals surface area contributed by atoms with E-state index in [0.29, 0.717) is 28.6 Å². The Morgan fingerprint density at radius 3 is 2.59 bits per heavy atom. The van der Waals surface area contributed by atoms with Crippen LogP contribution in [0, 0.1) is 0 Å². The van der Waals surface area contributed by atoms with E-state index < -0.39 is 17.4 Å². The van der Waals surface area contributed by atoms with Gasteiger partial charge in [-0.3, -0.25) is 14.3 Å². The molecule has 1 aromatic carbocycles. The number of carbonyl (C=O) groups excluding carboxylic acids is 2. The number of nitrogens with zero attached hydrogens (tertiary/aromatic N) is 2. The maximum Gasteiger partial charge on any atom is 0.313 e. The highest BCUT2D eigenvalue weighted by molar-refractivity contribution is 6.40. The Balaban J connectivity index is 1.68. The number of aryl methyl sites for hydroxylation is 2. The molecule has 8 heteroatoms. The summed E-state index contributed by atoms with van der Waals surface area (Å²) in [5.74, 6) is -1.34. The Kier molecular flexibility index (Phi) is 5.77. The molecule has 0 aliphatic heterocycles. The quantitative estimate of drug-likeness (QED) is 0.743. The SMILES string of the molecule is CCc1nn(C)cc1NC(=O)C(=O)NC1(Cc2ccc(Cl)cc2Cl)CCC1. The number of hydrogen-bond donors (Lipinski definition) is 2. The molecule has 0 atom stereocenters. The summed E-state index contributed by atoms with van der Waals surface area (Å²) in [6, 6.07) is 5.33. The van der Waals surface area contributed by atoms with Gasteiger partial charge in [-0.15, -0.1) is 0 Å². The van der Waals surface area contributed by atoms with Crippen molar-refractivity contribution in [3.8, 4) is 0 Å². The third-order valence-corrected chi connectivity index (χ3v) is 5.51. The minimum absolute atomic E-state index is 0.450. The van der Waals surface area contributed by atoms with Crippen LogP contribution in [0.2, 0.25) is 10.0 Å². The molecule has 0 bridgehead atoms. The van der Waals surface area contributed by atoms with Gasteiger partial charge in [-0.1, -0.05) is 36.2 Å². The van der Waals surface area contributed by atoms with Gasteiger partial charge in [0.05, 0.1) is 11.4 Å². The highest BCUT2D eigenvalue weighted by Crippen LogP contribution is 2.37. The number of rotatable bonds is 5. The molecule has 0 spiro atoms. The number of aromatic nitrogens is 2. The Bertz CT molecular complexity index is 875. The first kappa shape index (κ1) is 19.7. The number of hydrogen-bond acceptors (Lipinski definition) is 3. The minimum Gasteiger partial charge on any atom is -0.342 e. The topological polar surface area (TPSA) is 76.0 Å². The number of anilines is 1. The number of nitrogens with one attached hydrogen (secondary N) is 2. The molecule has 1 heterocycles. The van der Waals surface area contributed by atoms with Crippen molar-refractivity contribution >= 4 is 40.7 Å².